The van der Waals surface area contributed by atoms with Crippen LogP contribution in [-0.2, 0) is 4.74 Å². The van der Waals surface area contributed by atoms with Crippen LogP contribution in [0.25, 0.3) is 0 Å². The smallest absolute Gasteiger partial charge is 0.101 e. The van der Waals surface area contributed by atoms with E-state index in [0.717, 1.165) is 12.8 Å². The zero-order valence-corrected chi connectivity index (χ0v) is 10.3. The molecule has 0 bridgehead atoms. The van der Waals surface area contributed by atoms with Crippen molar-refractivity contribution in [3.05, 3.63) is 0 Å². The Bertz CT molecular complexity index is 193. The Morgan fingerprint density at radius 2 is 1.71 bits per heavy atom. The fourth-order valence-corrected chi connectivity index (χ4v) is 2.79. The van der Waals surface area contributed by atoms with Gasteiger partial charge in [-0.1, -0.05) is 20.8 Å². The van der Waals surface area contributed by atoms with E-state index in [1.165, 1.54) is 0 Å². The van der Waals surface area contributed by atoms with E-state index in [4.69, 9.17) is 4.74 Å². The van der Waals surface area contributed by atoms with Crippen molar-refractivity contribution in [2.45, 2.75) is 71.7 Å². The van der Waals surface area contributed by atoms with Gasteiger partial charge in [-0.2, -0.15) is 0 Å². The van der Waals surface area contributed by atoms with Gasteiger partial charge in [0.05, 0.1) is 11.7 Å². The summed E-state index contributed by atoms with van der Waals surface area (Å²) >= 11 is 0. The van der Waals surface area contributed by atoms with Gasteiger partial charge in [-0.3, -0.25) is 0 Å². The first-order valence-electron chi connectivity index (χ1n) is 5.50. The van der Waals surface area contributed by atoms with Gasteiger partial charge in [0.25, 0.3) is 0 Å². The van der Waals surface area contributed by atoms with Crippen LogP contribution >= 0.6 is 0 Å². The van der Waals surface area contributed by atoms with Crippen LogP contribution in [0.5, 0.6) is 0 Å². The Hall–Kier alpha value is -0.0800. The highest BCUT2D eigenvalue weighted by molar-refractivity contribution is 5.06. The molecule has 0 amide bonds. The average molecular weight is 200 g/mol. The van der Waals surface area contributed by atoms with Crippen LogP contribution in [0.4, 0.5) is 0 Å². The van der Waals surface area contributed by atoms with Gasteiger partial charge in [-0.25, -0.2) is 0 Å². The van der Waals surface area contributed by atoms with E-state index in [2.05, 4.69) is 27.7 Å². The van der Waals surface area contributed by atoms with Gasteiger partial charge in [0.2, 0.25) is 0 Å². The number of aliphatic hydroxyl groups is 1. The molecule has 0 spiro atoms. The molecule has 14 heavy (non-hydrogen) atoms. The first-order valence-corrected chi connectivity index (χ1v) is 5.50. The van der Waals surface area contributed by atoms with Crippen molar-refractivity contribution in [1.82, 2.24) is 0 Å². The molecule has 0 aliphatic carbocycles. The minimum atomic E-state index is -0.782. The second-order valence-corrected chi connectivity index (χ2v) is 6.10. The highest BCUT2D eigenvalue weighted by Crippen LogP contribution is 2.50. The Morgan fingerprint density at radius 1 is 1.21 bits per heavy atom. The maximum Gasteiger partial charge on any atom is 0.101 e. The molecule has 0 unspecified atom stereocenters. The Kier molecular flexibility index (Phi) is 2.75. The number of hydrogen-bond donors (Lipinski definition) is 1. The molecule has 0 aromatic carbocycles. The molecule has 1 heterocycles. The molecule has 1 aliphatic rings. The summed E-state index contributed by atoms with van der Waals surface area (Å²) in [5.41, 5.74) is -1.22. The van der Waals surface area contributed by atoms with Crippen LogP contribution in [0.15, 0.2) is 0 Å². The summed E-state index contributed by atoms with van der Waals surface area (Å²) in [5.74, 6) is 0. The van der Waals surface area contributed by atoms with Crippen molar-refractivity contribution >= 4 is 0 Å². The monoisotopic (exact) mass is 200 g/mol. The summed E-state index contributed by atoms with van der Waals surface area (Å²) in [6.45, 7) is 12.2. The molecule has 1 aliphatic heterocycles. The lowest BCUT2D eigenvalue weighted by Gasteiger charge is -2.49. The van der Waals surface area contributed by atoms with Gasteiger partial charge in [-0.15, -0.1) is 0 Å². The second kappa shape index (κ2) is 3.21. The maximum absolute atomic E-state index is 10.3. The lowest BCUT2D eigenvalue weighted by atomic mass is 9.66. The van der Waals surface area contributed by atoms with E-state index >= 15 is 0 Å². The third-order valence-electron chi connectivity index (χ3n) is 3.51. The fraction of sp³-hybridized carbons (Fsp3) is 1.00. The predicted octanol–water partition coefficient (Wildman–Crippen LogP) is 2.74. The number of hydrogen-bond acceptors (Lipinski definition) is 2. The van der Waals surface area contributed by atoms with Crippen LogP contribution in [0.1, 0.15) is 54.4 Å². The van der Waals surface area contributed by atoms with Gasteiger partial charge in [-0.05, 0) is 39.0 Å². The van der Waals surface area contributed by atoms with E-state index < -0.39 is 11.2 Å². The summed E-state index contributed by atoms with van der Waals surface area (Å²) in [6.07, 6.45) is 2.25. The van der Waals surface area contributed by atoms with Crippen molar-refractivity contribution in [2.24, 2.45) is 5.41 Å². The van der Waals surface area contributed by atoms with Crippen molar-refractivity contribution < 1.29 is 9.84 Å². The lowest BCUT2D eigenvalue weighted by Crippen LogP contribution is -2.58. The van der Waals surface area contributed by atoms with Crippen LogP contribution in [0.2, 0.25) is 0 Å². The number of rotatable bonds is 1. The van der Waals surface area contributed by atoms with E-state index in [9.17, 15) is 5.11 Å². The van der Waals surface area contributed by atoms with Gasteiger partial charge in [0.15, 0.2) is 0 Å². The summed E-state index contributed by atoms with van der Waals surface area (Å²) < 4.78 is 6.03. The lowest BCUT2D eigenvalue weighted by molar-refractivity contribution is -0.207. The molecule has 0 aromatic rings. The molecule has 1 N–H and O–H groups in total. The largest absolute Gasteiger partial charge is 0.387 e. The van der Waals surface area contributed by atoms with E-state index in [1.807, 2.05) is 13.8 Å². The van der Waals surface area contributed by atoms with Crippen LogP contribution in [0.3, 0.4) is 0 Å². The van der Waals surface area contributed by atoms with Crippen molar-refractivity contribution in [3.63, 3.8) is 0 Å². The van der Waals surface area contributed by atoms with E-state index in [0.29, 0.717) is 0 Å². The fourth-order valence-electron chi connectivity index (χ4n) is 2.79. The predicted molar refractivity (Wildman–Crippen MR) is 58.3 cm³/mol. The Labute approximate surface area is 87.7 Å². The molecule has 0 aromatic heterocycles. The molecule has 2 atom stereocenters. The highest BCUT2D eigenvalue weighted by atomic mass is 16.5. The summed E-state index contributed by atoms with van der Waals surface area (Å²) in [7, 11) is 0. The standard InChI is InChI=1S/C12H24O2/c1-9-7-8-12(14-9,10(2,3)4)11(5,6)13/h9,13H,7-8H2,1-6H3/t9-,12+/m1/s1. The first-order chi connectivity index (χ1) is 6.10. The summed E-state index contributed by atoms with van der Waals surface area (Å²) in [4.78, 5) is 0. The topological polar surface area (TPSA) is 29.5 Å². The molecule has 0 radical (unpaired) electrons. The van der Waals surface area contributed by atoms with Crippen molar-refractivity contribution in [3.8, 4) is 0 Å². The molecule has 1 rings (SSSR count). The van der Waals surface area contributed by atoms with Crippen LogP contribution in [0, 0.1) is 5.41 Å². The third kappa shape index (κ3) is 1.70. The average Bonchev–Trinajstić information content (AvgIpc) is 2.28. The molecular weight excluding hydrogens is 176 g/mol. The number of ether oxygens (including phenoxy) is 1. The second-order valence-electron chi connectivity index (χ2n) is 6.10. The normalized spacial score (nSPS) is 34.9. The molecular formula is C12H24O2. The van der Waals surface area contributed by atoms with Crippen LogP contribution in [-0.4, -0.2) is 22.4 Å². The first kappa shape index (κ1) is 12.0. The Balaban J connectivity index is 3.05. The zero-order valence-electron chi connectivity index (χ0n) is 10.3. The van der Waals surface area contributed by atoms with Crippen molar-refractivity contribution in [2.75, 3.05) is 0 Å². The zero-order chi connectivity index (χ0) is 11.2. The molecule has 2 heteroatoms. The van der Waals surface area contributed by atoms with E-state index in [-0.39, 0.29) is 11.5 Å². The van der Waals surface area contributed by atoms with Gasteiger partial charge in [0.1, 0.15) is 5.60 Å². The summed E-state index contributed by atoms with van der Waals surface area (Å²) in [5, 5.41) is 10.3. The minimum Gasteiger partial charge on any atom is -0.387 e. The molecule has 2 nitrogen and oxygen atoms in total. The summed E-state index contributed by atoms with van der Waals surface area (Å²) in [6, 6.07) is 0. The SMILES string of the molecule is C[C@@H]1CC[C@](C(C)(C)C)(C(C)(C)O)O1. The van der Waals surface area contributed by atoms with Crippen molar-refractivity contribution in [1.29, 1.82) is 0 Å². The van der Waals surface area contributed by atoms with Gasteiger partial charge < -0.3 is 9.84 Å². The van der Waals surface area contributed by atoms with Gasteiger partial charge >= 0.3 is 0 Å². The molecule has 1 saturated heterocycles. The maximum atomic E-state index is 10.3. The molecule has 0 saturated carbocycles. The quantitative estimate of drug-likeness (QED) is 0.705. The molecule has 1 fully saturated rings. The van der Waals surface area contributed by atoms with E-state index in [1.54, 1.807) is 0 Å². The molecule has 84 valence electrons. The minimum absolute atomic E-state index is 0.0317. The third-order valence-corrected chi connectivity index (χ3v) is 3.51. The van der Waals surface area contributed by atoms with Crippen LogP contribution < -0.4 is 0 Å². The Morgan fingerprint density at radius 3 is 1.86 bits per heavy atom. The highest BCUT2D eigenvalue weighted by Gasteiger charge is 2.56. The van der Waals surface area contributed by atoms with Gasteiger partial charge in [0, 0.05) is 0 Å².